The Morgan fingerprint density at radius 1 is 1.16 bits per heavy atom. The number of nitrogens with two attached hydrogens (primary N) is 3. The summed E-state index contributed by atoms with van der Waals surface area (Å²) in [5.74, 6) is -2.63. The van der Waals surface area contributed by atoms with E-state index in [1.807, 2.05) is 0 Å². The molecule has 0 heterocycles. The number of ether oxygens (including phenoxy) is 1. The SMILES string of the molecule is C[C@H](N)C(=O)OC(=O)[C@@H](N)CS.N[C@@H](CO)C(=O)O. The fraction of sp³-hybridized carbons (Fsp3) is 0.667. The number of carbonyl (C=O) groups excluding carboxylic acids is 2. The van der Waals surface area contributed by atoms with Crippen molar-refractivity contribution in [2.24, 2.45) is 17.2 Å². The second-order valence-corrected chi connectivity index (χ2v) is 3.81. The Hall–Kier alpha value is -1.20. The molecule has 0 spiro atoms. The second kappa shape index (κ2) is 10.7. The Balaban J connectivity index is 0. The fourth-order valence-electron chi connectivity index (χ4n) is 0.420. The van der Waals surface area contributed by atoms with Gasteiger partial charge in [0, 0.05) is 5.75 Å². The predicted molar refractivity (Wildman–Crippen MR) is 69.3 cm³/mol. The molecule has 0 aliphatic heterocycles. The number of thiol groups is 1. The molecule has 0 aromatic carbocycles. The van der Waals surface area contributed by atoms with Gasteiger partial charge in [0.05, 0.1) is 6.61 Å². The first-order valence-corrected chi connectivity index (χ1v) is 5.77. The van der Waals surface area contributed by atoms with E-state index in [2.05, 4.69) is 17.4 Å². The topological polar surface area (TPSA) is 179 Å². The van der Waals surface area contributed by atoms with Gasteiger partial charge < -0.3 is 32.2 Å². The number of esters is 2. The van der Waals surface area contributed by atoms with E-state index < -0.39 is 42.6 Å². The van der Waals surface area contributed by atoms with Crippen LogP contribution in [0.1, 0.15) is 6.92 Å². The van der Waals surface area contributed by atoms with Crippen molar-refractivity contribution in [2.45, 2.75) is 25.0 Å². The Bertz CT molecular complexity index is 312. The first kappa shape index (κ1) is 20.1. The van der Waals surface area contributed by atoms with Gasteiger partial charge in [0.25, 0.3) is 0 Å². The fourth-order valence-corrected chi connectivity index (χ4v) is 0.569. The lowest BCUT2D eigenvalue weighted by Crippen LogP contribution is -2.39. The van der Waals surface area contributed by atoms with Crippen LogP contribution >= 0.6 is 12.6 Å². The summed E-state index contributed by atoms with van der Waals surface area (Å²) in [5.41, 5.74) is 15.1. The molecule has 0 aliphatic rings. The maximum absolute atomic E-state index is 10.8. The normalized spacial score (nSPS) is 14.4. The number of carboxylic acids is 1. The first-order valence-electron chi connectivity index (χ1n) is 5.14. The molecule has 0 aromatic heterocycles. The monoisotopic (exact) mass is 297 g/mol. The summed E-state index contributed by atoms with van der Waals surface area (Å²) in [5, 5.41) is 15.9. The molecule has 112 valence electrons. The lowest BCUT2D eigenvalue weighted by atomic mass is 10.3. The van der Waals surface area contributed by atoms with E-state index in [-0.39, 0.29) is 5.75 Å². The number of rotatable bonds is 5. The van der Waals surface area contributed by atoms with Gasteiger partial charge >= 0.3 is 17.9 Å². The first-order chi connectivity index (χ1) is 8.67. The van der Waals surface area contributed by atoms with Crippen LogP contribution in [0.4, 0.5) is 0 Å². The summed E-state index contributed by atoms with van der Waals surface area (Å²) in [4.78, 5) is 31.2. The van der Waals surface area contributed by atoms with Crippen LogP contribution in [0.5, 0.6) is 0 Å². The Morgan fingerprint density at radius 3 is 1.84 bits per heavy atom. The van der Waals surface area contributed by atoms with Crippen molar-refractivity contribution in [3.05, 3.63) is 0 Å². The highest BCUT2D eigenvalue weighted by Gasteiger charge is 2.19. The number of hydrogen-bond donors (Lipinski definition) is 6. The summed E-state index contributed by atoms with van der Waals surface area (Å²) in [6.45, 7) is 0.914. The molecule has 8 N–H and O–H groups in total. The third-order valence-electron chi connectivity index (χ3n) is 1.59. The van der Waals surface area contributed by atoms with Crippen molar-refractivity contribution in [1.82, 2.24) is 0 Å². The average Bonchev–Trinajstić information content (AvgIpc) is 2.36. The van der Waals surface area contributed by atoms with Crippen molar-refractivity contribution in [3.63, 3.8) is 0 Å². The quantitative estimate of drug-likeness (QED) is 0.176. The number of aliphatic hydroxyl groups excluding tert-OH is 1. The van der Waals surface area contributed by atoms with Crippen LogP contribution in [-0.4, -0.2) is 58.6 Å². The van der Waals surface area contributed by atoms with Gasteiger partial charge in [0.15, 0.2) is 0 Å². The molecule has 10 heteroatoms. The van der Waals surface area contributed by atoms with Crippen LogP contribution in [0.15, 0.2) is 0 Å². The van der Waals surface area contributed by atoms with Crippen molar-refractivity contribution in [3.8, 4) is 0 Å². The summed E-state index contributed by atoms with van der Waals surface area (Å²) in [6, 6.07) is -2.82. The molecule has 0 saturated carbocycles. The number of carbonyl (C=O) groups is 3. The van der Waals surface area contributed by atoms with E-state index in [0.29, 0.717) is 0 Å². The van der Waals surface area contributed by atoms with Crippen LogP contribution in [-0.2, 0) is 19.1 Å². The van der Waals surface area contributed by atoms with Gasteiger partial charge in [-0.2, -0.15) is 12.6 Å². The summed E-state index contributed by atoms with van der Waals surface area (Å²) in [6.07, 6.45) is 0. The maximum atomic E-state index is 10.8. The number of carboxylic acid groups (broad SMARTS) is 1. The lowest BCUT2D eigenvalue weighted by Gasteiger charge is -2.08. The highest BCUT2D eigenvalue weighted by Crippen LogP contribution is 1.91. The molecule has 0 aliphatic carbocycles. The minimum Gasteiger partial charge on any atom is -0.480 e. The predicted octanol–water partition coefficient (Wildman–Crippen LogP) is -2.95. The number of aliphatic hydroxyl groups is 1. The highest BCUT2D eigenvalue weighted by molar-refractivity contribution is 7.80. The molecule has 0 saturated heterocycles. The van der Waals surface area contributed by atoms with Gasteiger partial charge in [-0.1, -0.05) is 0 Å². The largest absolute Gasteiger partial charge is 0.480 e. The molecule has 0 aromatic rings. The van der Waals surface area contributed by atoms with Crippen molar-refractivity contribution >= 4 is 30.5 Å². The second-order valence-electron chi connectivity index (χ2n) is 3.45. The van der Waals surface area contributed by atoms with Gasteiger partial charge in [0.1, 0.15) is 18.1 Å². The van der Waals surface area contributed by atoms with E-state index in [1.54, 1.807) is 0 Å². The maximum Gasteiger partial charge on any atom is 0.331 e. The standard InChI is InChI=1S/C6H12N2O3S.C3H7NO3/c1-3(7)5(9)11-6(10)4(8)2-12;4-2(1-5)3(6)7/h3-4,12H,2,7-8H2,1H3;2,5H,1,4H2,(H,6,7)/t3-,4-;2-/m00/s1. The van der Waals surface area contributed by atoms with E-state index in [4.69, 9.17) is 27.4 Å². The van der Waals surface area contributed by atoms with Gasteiger partial charge in [-0.05, 0) is 6.92 Å². The van der Waals surface area contributed by atoms with Gasteiger partial charge in [-0.3, -0.25) is 4.79 Å². The van der Waals surface area contributed by atoms with E-state index in [0.717, 1.165) is 0 Å². The van der Waals surface area contributed by atoms with E-state index in [1.165, 1.54) is 6.92 Å². The van der Waals surface area contributed by atoms with E-state index >= 15 is 0 Å². The summed E-state index contributed by atoms with van der Waals surface area (Å²) < 4.78 is 4.29. The summed E-state index contributed by atoms with van der Waals surface area (Å²) >= 11 is 3.76. The molecule has 19 heavy (non-hydrogen) atoms. The van der Waals surface area contributed by atoms with Crippen LogP contribution in [0.25, 0.3) is 0 Å². The minimum atomic E-state index is -1.18. The van der Waals surface area contributed by atoms with Crippen molar-refractivity contribution < 1.29 is 29.3 Å². The zero-order chi connectivity index (χ0) is 15.6. The third kappa shape index (κ3) is 10.4. The molecular formula is C9H19N3O6S. The molecular weight excluding hydrogens is 278 g/mol. The molecule has 0 radical (unpaired) electrons. The molecule has 0 fully saturated rings. The summed E-state index contributed by atoms with van der Waals surface area (Å²) in [7, 11) is 0. The van der Waals surface area contributed by atoms with Crippen LogP contribution < -0.4 is 17.2 Å². The molecule has 0 bridgehead atoms. The number of aliphatic carboxylic acids is 1. The van der Waals surface area contributed by atoms with Crippen LogP contribution in [0.3, 0.4) is 0 Å². The molecule has 3 atom stereocenters. The van der Waals surface area contributed by atoms with Crippen molar-refractivity contribution in [1.29, 1.82) is 0 Å². The van der Waals surface area contributed by atoms with E-state index in [9.17, 15) is 14.4 Å². The minimum absolute atomic E-state index is 0.130. The van der Waals surface area contributed by atoms with Crippen molar-refractivity contribution in [2.75, 3.05) is 12.4 Å². The smallest absolute Gasteiger partial charge is 0.331 e. The zero-order valence-corrected chi connectivity index (χ0v) is 11.2. The molecule has 0 unspecified atom stereocenters. The Kier molecular flexibility index (Phi) is 11.3. The zero-order valence-electron chi connectivity index (χ0n) is 10.4. The Labute approximate surface area is 115 Å². The Morgan fingerprint density at radius 2 is 1.63 bits per heavy atom. The molecule has 0 amide bonds. The number of hydrogen-bond acceptors (Lipinski definition) is 9. The van der Waals surface area contributed by atoms with Gasteiger partial charge in [0.2, 0.25) is 0 Å². The molecule has 9 nitrogen and oxygen atoms in total. The third-order valence-corrected chi connectivity index (χ3v) is 1.98. The highest BCUT2D eigenvalue weighted by atomic mass is 32.1. The van der Waals surface area contributed by atoms with Crippen LogP contribution in [0, 0.1) is 0 Å². The van der Waals surface area contributed by atoms with Crippen LogP contribution in [0.2, 0.25) is 0 Å². The van der Waals surface area contributed by atoms with Gasteiger partial charge in [-0.25, -0.2) is 9.59 Å². The molecule has 0 rings (SSSR count). The van der Waals surface area contributed by atoms with Gasteiger partial charge in [-0.15, -0.1) is 0 Å². The average molecular weight is 297 g/mol. The lowest BCUT2D eigenvalue weighted by molar-refractivity contribution is -0.161.